The second-order valence-electron chi connectivity index (χ2n) is 3.44. The third kappa shape index (κ3) is 1.98. The minimum Gasteiger partial charge on any atom is -0.469 e. The summed E-state index contributed by atoms with van der Waals surface area (Å²) in [6, 6.07) is 1.75. The van der Waals surface area contributed by atoms with Gasteiger partial charge in [0.25, 0.3) is 5.89 Å². The third-order valence-electron chi connectivity index (χ3n) is 2.27. The summed E-state index contributed by atoms with van der Waals surface area (Å²) in [5, 5.41) is 13.4. The van der Waals surface area contributed by atoms with Crippen molar-refractivity contribution in [2.45, 2.75) is 19.4 Å². The minimum atomic E-state index is -0.807. The highest BCUT2D eigenvalue weighted by molar-refractivity contribution is 5.56. The number of furan rings is 1. The van der Waals surface area contributed by atoms with Crippen molar-refractivity contribution < 1.29 is 14.0 Å². The lowest BCUT2D eigenvalue weighted by Gasteiger charge is -2.00. The number of nitrogens with zero attached hydrogens (tertiary/aromatic N) is 2. The molecule has 2 rings (SSSR count). The van der Waals surface area contributed by atoms with Crippen LogP contribution in [-0.4, -0.2) is 21.8 Å². The SMILES string of the molecule is Cc1occc1-c1noc(C(O)CCN)n1. The number of aryl methyl sites for hydroxylation is 1. The lowest BCUT2D eigenvalue weighted by Crippen LogP contribution is -2.06. The van der Waals surface area contributed by atoms with E-state index in [0.717, 1.165) is 5.56 Å². The standard InChI is InChI=1S/C10H13N3O3/c1-6-7(3-5-15-6)9-12-10(16-13-9)8(14)2-4-11/h3,5,8,14H,2,4,11H2,1H3. The lowest BCUT2D eigenvalue weighted by molar-refractivity contribution is 0.127. The van der Waals surface area contributed by atoms with E-state index < -0.39 is 6.10 Å². The molecule has 86 valence electrons. The van der Waals surface area contributed by atoms with E-state index in [4.69, 9.17) is 14.7 Å². The van der Waals surface area contributed by atoms with E-state index in [1.165, 1.54) is 0 Å². The van der Waals surface area contributed by atoms with E-state index in [1.807, 2.05) is 6.92 Å². The van der Waals surface area contributed by atoms with Gasteiger partial charge in [-0.2, -0.15) is 4.98 Å². The van der Waals surface area contributed by atoms with Crippen LogP contribution in [0.1, 0.15) is 24.2 Å². The quantitative estimate of drug-likeness (QED) is 0.802. The van der Waals surface area contributed by atoms with Gasteiger partial charge in [0, 0.05) is 0 Å². The van der Waals surface area contributed by atoms with E-state index >= 15 is 0 Å². The predicted octanol–water partition coefficient (Wildman–Crippen LogP) is 1.02. The Labute approximate surface area is 92.1 Å². The number of rotatable bonds is 4. The maximum absolute atomic E-state index is 9.60. The van der Waals surface area contributed by atoms with Gasteiger partial charge in [0.15, 0.2) is 0 Å². The van der Waals surface area contributed by atoms with Crippen LogP contribution in [0.2, 0.25) is 0 Å². The van der Waals surface area contributed by atoms with Gasteiger partial charge < -0.3 is 19.8 Å². The average molecular weight is 223 g/mol. The largest absolute Gasteiger partial charge is 0.469 e. The van der Waals surface area contributed by atoms with Gasteiger partial charge in [0.2, 0.25) is 5.82 Å². The van der Waals surface area contributed by atoms with Crippen LogP contribution >= 0.6 is 0 Å². The fourth-order valence-electron chi connectivity index (χ4n) is 1.38. The Bertz CT molecular complexity index is 463. The Morgan fingerprint density at radius 2 is 2.38 bits per heavy atom. The van der Waals surface area contributed by atoms with Crippen LogP contribution in [0.5, 0.6) is 0 Å². The highest BCUT2D eigenvalue weighted by Crippen LogP contribution is 2.23. The molecule has 0 aromatic carbocycles. The third-order valence-corrected chi connectivity index (χ3v) is 2.27. The Morgan fingerprint density at radius 3 is 3.00 bits per heavy atom. The number of aliphatic hydroxyl groups excluding tert-OH is 1. The van der Waals surface area contributed by atoms with Crippen molar-refractivity contribution in [3.63, 3.8) is 0 Å². The van der Waals surface area contributed by atoms with Gasteiger partial charge in [-0.1, -0.05) is 5.16 Å². The van der Waals surface area contributed by atoms with Gasteiger partial charge in [-0.15, -0.1) is 0 Å². The molecule has 3 N–H and O–H groups in total. The Hall–Kier alpha value is -1.66. The first-order valence-corrected chi connectivity index (χ1v) is 4.98. The predicted molar refractivity (Wildman–Crippen MR) is 55.4 cm³/mol. The topological polar surface area (TPSA) is 98.3 Å². The number of aromatic nitrogens is 2. The van der Waals surface area contributed by atoms with Crippen LogP contribution in [0, 0.1) is 6.92 Å². The number of hydrogen-bond acceptors (Lipinski definition) is 6. The molecule has 0 aliphatic heterocycles. The van der Waals surface area contributed by atoms with Crippen LogP contribution in [0.25, 0.3) is 11.4 Å². The number of nitrogens with two attached hydrogens (primary N) is 1. The van der Waals surface area contributed by atoms with Crippen molar-refractivity contribution in [1.82, 2.24) is 10.1 Å². The Kier molecular flexibility index (Phi) is 3.02. The molecule has 0 fully saturated rings. The zero-order chi connectivity index (χ0) is 11.5. The molecule has 0 spiro atoms. The Balaban J connectivity index is 2.23. The van der Waals surface area contributed by atoms with Crippen molar-refractivity contribution in [3.8, 4) is 11.4 Å². The van der Waals surface area contributed by atoms with Crippen LogP contribution in [0.3, 0.4) is 0 Å². The summed E-state index contributed by atoms with van der Waals surface area (Å²) in [6.45, 7) is 2.17. The number of aliphatic hydroxyl groups is 1. The van der Waals surface area contributed by atoms with Gasteiger partial charge in [-0.25, -0.2) is 0 Å². The summed E-state index contributed by atoms with van der Waals surface area (Å²) in [4.78, 5) is 4.09. The van der Waals surface area contributed by atoms with Crippen LogP contribution in [-0.2, 0) is 0 Å². The zero-order valence-corrected chi connectivity index (χ0v) is 8.88. The summed E-state index contributed by atoms with van der Waals surface area (Å²) in [5.41, 5.74) is 6.09. The van der Waals surface area contributed by atoms with E-state index in [9.17, 15) is 5.11 Å². The molecule has 2 heterocycles. The van der Waals surface area contributed by atoms with Gasteiger partial charge in [0.1, 0.15) is 11.9 Å². The molecule has 2 aromatic rings. The average Bonchev–Trinajstić information content (AvgIpc) is 2.86. The summed E-state index contributed by atoms with van der Waals surface area (Å²) in [7, 11) is 0. The smallest absolute Gasteiger partial charge is 0.255 e. The molecule has 0 saturated carbocycles. The molecule has 2 aromatic heterocycles. The van der Waals surface area contributed by atoms with Crippen molar-refractivity contribution in [3.05, 3.63) is 24.0 Å². The van der Waals surface area contributed by atoms with Crippen molar-refractivity contribution in [1.29, 1.82) is 0 Å². The normalized spacial score (nSPS) is 12.9. The van der Waals surface area contributed by atoms with Crippen molar-refractivity contribution in [2.75, 3.05) is 6.54 Å². The molecule has 0 bridgehead atoms. The highest BCUT2D eigenvalue weighted by atomic mass is 16.5. The number of hydrogen-bond donors (Lipinski definition) is 2. The first-order chi connectivity index (χ1) is 7.72. The van der Waals surface area contributed by atoms with Crippen LogP contribution < -0.4 is 5.73 Å². The van der Waals surface area contributed by atoms with Crippen molar-refractivity contribution >= 4 is 0 Å². The van der Waals surface area contributed by atoms with Gasteiger partial charge >= 0.3 is 0 Å². The zero-order valence-electron chi connectivity index (χ0n) is 8.88. The van der Waals surface area contributed by atoms with Gasteiger partial charge in [0.05, 0.1) is 11.8 Å². The molecule has 1 unspecified atom stereocenters. The fourth-order valence-corrected chi connectivity index (χ4v) is 1.38. The van der Waals surface area contributed by atoms with Gasteiger partial charge in [-0.3, -0.25) is 0 Å². The molecule has 0 radical (unpaired) electrons. The monoisotopic (exact) mass is 223 g/mol. The molecular weight excluding hydrogens is 210 g/mol. The molecule has 0 aliphatic rings. The minimum absolute atomic E-state index is 0.182. The van der Waals surface area contributed by atoms with Crippen LogP contribution in [0.4, 0.5) is 0 Å². The van der Waals surface area contributed by atoms with Gasteiger partial charge in [-0.05, 0) is 26.0 Å². The second kappa shape index (κ2) is 4.46. The van der Waals surface area contributed by atoms with E-state index in [2.05, 4.69) is 10.1 Å². The van der Waals surface area contributed by atoms with E-state index in [1.54, 1.807) is 12.3 Å². The van der Waals surface area contributed by atoms with E-state index in [-0.39, 0.29) is 5.89 Å². The fraction of sp³-hybridized carbons (Fsp3) is 0.400. The second-order valence-corrected chi connectivity index (χ2v) is 3.44. The van der Waals surface area contributed by atoms with E-state index in [0.29, 0.717) is 24.6 Å². The first kappa shape index (κ1) is 10.8. The maximum atomic E-state index is 9.60. The first-order valence-electron chi connectivity index (χ1n) is 4.98. The molecule has 1 atom stereocenters. The molecule has 16 heavy (non-hydrogen) atoms. The van der Waals surface area contributed by atoms with Crippen molar-refractivity contribution in [2.24, 2.45) is 5.73 Å². The molecule has 0 amide bonds. The lowest BCUT2D eigenvalue weighted by atomic mass is 10.2. The Morgan fingerprint density at radius 1 is 1.56 bits per heavy atom. The summed E-state index contributed by atoms with van der Waals surface area (Å²) < 4.78 is 10.1. The summed E-state index contributed by atoms with van der Waals surface area (Å²) in [5.74, 6) is 1.30. The summed E-state index contributed by atoms with van der Waals surface area (Å²) in [6.07, 6.45) is 1.14. The molecule has 0 saturated heterocycles. The molecular formula is C10H13N3O3. The molecule has 6 heteroatoms. The molecule has 6 nitrogen and oxygen atoms in total. The van der Waals surface area contributed by atoms with Crippen LogP contribution in [0.15, 0.2) is 21.3 Å². The summed E-state index contributed by atoms with van der Waals surface area (Å²) >= 11 is 0. The highest BCUT2D eigenvalue weighted by Gasteiger charge is 2.17. The molecule has 0 aliphatic carbocycles. The maximum Gasteiger partial charge on any atom is 0.255 e.